The molecule has 1 unspecified atom stereocenters. The van der Waals surface area contributed by atoms with Crippen LogP contribution in [0.4, 0.5) is 0 Å². The molecule has 98 valence electrons. The molecule has 19 heavy (non-hydrogen) atoms. The van der Waals surface area contributed by atoms with Crippen LogP contribution in [0, 0.1) is 0 Å². The number of benzene rings is 2. The van der Waals surface area contributed by atoms with Crippen LogP contribution in [0.3, 0.4) is 0 Å². The summed E-state index contributed by atoms with van der Waals surface area (Å²) >= 11 is 3.40. The molecule has 1 heterocycles. The topological polar surface area (TPSA) is 29.5 Å². The zero-order chi connectivity index (χ0) is 13.2. The van der Waals surface area contributed by atoms with Crippen molar-refractivity contribution in [1.82, 2.24) is 0 Å². The standard InChI is InChI=1S/C16H15BrO2/c17-14-6-3-11(4-7-14)16(18)13-5-8-15-12(10-13)2-1-9-19-15/h3-8,10,16,18H,1-2,9H2. The number of rotatable bonds is 2. The Bertz CT molecular complexity index is 578. The molecule has 0 aromatic heterocycles. The van der Waals surface area contributed by atoms with Gasteiger partial charge in [0.05, 0.1) is 6.61 Å². The number of aliphatic hydroxyl groups excluding tert-OH is 1. The van der Waals surface area contributed by atoms with Crippen LogP contribution < -0.4 is 4.74 Å². The molecule has 0 radical (unpaired) electrons. The fraction of sp³-hybridized carbons (Fsp3) is 0.250. The van der Waals surface area contributed by atoms with Crippen molar-refractivity contribution in [2.75, 3.05) is 6.61 Å². The zero-order valence-electron chi connectivity index (χ0n) is 10.5. The highest BCUT2D eigenvalue weighted by atomic mass is 79.9. The van der Waals surface area contributed by atoms with Gasteiger partial charge in [0.15, 0.2) is 0 Å². The third-order valence-corrected chi connectivity index (χ3v) is 3.96. The monoisotopic (exact) mass is 318 g/mol. The molecule has 1 N–H and O–H groups in total. The molecule has 0 spiro atoms. The quantitative estimate of drug-likeness (QED) is 0.911. The molecule has 1 aliphatic rings. The van der Waals surface area contributed by atoms with E-state index in [1.54, 1.807) is 0 Å². The van der Waals surface area contributed by atoms with E-state index in [0.29, 0.717) is 0 Å². The summed E-state index contributed by atoms with van der Waals surface area (Å²) in [6, 6.07) is 13.7. The van der Waals surface area contributed by atoms with E-state index in [-0.39, 0.29) is 0 Å². The van der Waals surface area contributed by atoms with E-state index < -0.39 is 6.10 Å². The summed E-state index contributed by atoms with van der Waals surface area (Å²) in [6.45, 7) is 0.793. The molecule has 0 saturated carbocycles. The molecular weight excluding hydrogens is 304 g/mol. The van der Waals surface area contributed by atoms with Gasteiger partial charge >= 0.3 is 0 Å². The largest absolute Gasteiger partial charge is 0.493 e. The Morgan fingerprint density at radius 1 is 1.05 bits per heavy atom. The molecule has 0 saturated heterocycles. The molecule has 0 amide bonds. The number of aliphatic hydroxyl groups is 1. The Balaban J connectivity index is 1.91. The smallest absolute Gasteiger partial charge is 0.122 e. The van der Waals surface area contributed by atoms with Crippen molar-refractivity contribution in [3.8, 4) is 5.75 Å². The van der Waals surface area contributed by atoms with Crippen molar-refractivity contribution in [3.05, 3.63) is 63.6 Å². The lowest BCUT2D eigenvalue weighted by molar-refractivity contribution is 0.219. The number of hydrogen-bond donors (Lipinski definition) is 1. The van der Waals surface area contributed by atoms with Crippen molar-refractivity contribution in [3.63, 3.8) is 0 Å². The van der Waals surface area contributed by atoms with E-state index in [2.05, 4.69) is 22.0 Å². The summed E-state index contributed by atoms with van der Waals surface area (Å²) < 4.78 is 6.61. The Labute approximate surface area is 121 Å². The maximum Gasteiger partial charge on any atom is 0.122 e. The predicted octanol–water partition coefficient (Wildman–Crippen LogP) is 3.86. The highest BCUT2D eigenvalue weighted by Gasteiger charge is 2.15. The molecule has 1 atom stereocenters. The molecule has 0 bridgehead atoms. The molecule has 3 rings (SSSR count). The van der Waals surface area contributed by atoms with Gasteiger partial charge in [-0.05, 0) is 53.8 Å². The Morgan fingerprint density at radius 2 is 1.79 bits per heavy atom. The van der Waals surface area contributed by atoms with Crippen molar-refractivity contribution in [2.24, 2.45) is 0 Å². The van der Waals surface area contributed by atoms with E-state index in [9.17, 15) is 5.11 Å². The SMILES string of the molecule is OC(c1ccc(Br)cc1)c1ccc2c(c1)CCCO2. The summed E-state index contributed by atoms with van der Waals surface area (Å²) in [7, 11) is 0. The van der Waals surface area contributed by atoms with Crippen LogP contribution in [-0.2, 0) is 6.42 Å². The summed E-state index contributed by atoms with van der Waals surface area (Å²) in [5.74, 6) is 0.956. The van der Waals surface area contributed by atoms with Crippen LogP contribution in [0.2, 0.25) is 0 Å². The van der Waals surface area contributed by atoms with Gasteiger partial charge in [0.25, 0.3) is 0 Å². The van der Waals surface area contributed by atoms with Crippen LogP contribution in [0.25, 0.3) is 0 Å². The normalized spacial score (nSPS) is 15.5. The maximum atomic E-state index is 10.4. The number of aryl methyl sites for hydroxylation is 1. The second kappa shape index (κ2) is 5.35. The molecule has 3 heteroatoms. The van der Waals surface area contributed by atoms with E-state index in [4.69, 9.17) is 4.74 Å². The molecular formula is C16H15BrO2. The Kier molecular flexibility index (Phi) is 3.58. The van der Waals surface area contributed by atoms with Crippen molar-refractivity contribution in [1.29, 1.82) is 0 Å². The van der Waals surface area contributed by atoms with E-state index in [0.717, 1.165) is 40.8 Å². The average Bonchev–Trinajstić information content (AvgIpc) is 2.47. The number of halogens is 1. The van der Waals surface area contributed by atoms with Crippen LogP contribution >= 0.6 is 15.9 Å². The highest BCUT2D eigenvalue weighted by Crippen LogP contribution is 2.30. The average molecular weight is 319 g/mol. The minimum atomic E-state index is -0.583. The Hall–Kier alpha value is -1.32. The summed E-state index contributed by atoms with van der Waals surface area (Å²) in [4.78, 5) is 0. The first-order valence-corrected chi connectivity index (χ1v) is 7.22. The molecule has 2 aromatic rings. The van der Waals surface area contributed by atoms with Gasteiger partial charge in [0.1, 0.15) is 11.9 Å². The first kappa shape index (κ1) is 12.7. The molecule has 1 aliphatic heterocycles. The van der Waals surface area contributed by atoms with Gasteiger partial charge in [0, 0.05) is 4.47 Å². The van der Waals surface area contributed by atoms with E-state index in [1.807, 2.05) is 36.4 Å². The van der Waals surface area contributed by atoms with Gasteiger partial charge in [-0.25, -0.2) is 0 Å². The van der Waals surface area contributed by atoms with Crippen molar-refractivity contribution < 1.29 is 9.84 Å². The molecule has 2 nitrogen and oxygen atoms in total. The van der Waals surface area contributed by atoms with Gasteiger partial charge in [-0.3, -0.25) is 0 Å². The summed E-state index contributed by atoms with van der Waals surface area (Å²) in [5.41, 5.74) is 3.02. The van der Waals surface area contributed by atoms with Crippen molar-refractivity contribution >= 4 is 15.9 Å². The lowest BCUT2D eigenvalue weighted by Crippen LogP contribution is -2.09. The van der Waals surface area contributed by atoms with E-state index in [1.165, 1.54) is 5.56 Å². The highest BCUT2D eigenvalue weighted by molar-refractivity contribution is 9.10. The fourth-order valence-electron chi connectivity index (χ4n) is 2.39. The van der Waals surface area contributed by atoms with Crippen molar-refractivity contribution in [2.45, 2.75) is 18.9 Å². The second-order valence-electron chi connectivity index (χ2n) is 4.77. The lowest BCUT2D eigenvalue weighted by atomic mass is 9.97. The fourth-order valence-corrected chi connectivity index (χ4v) is 2.65. The first-order chi connectivity index (χ1) is 9.24. The predicted molar refractivity (Wildman–Crippen MR) is 78.5 cm³/mol. The molecule has 0 aliphatic carbocycles. The van der Waals surface area contributed by atoms with Gasteiger partial charge in [-0.15, -0.1) is 0 Å². The summed E-state index contributed by atoms with van der Waals surface area (Å²) in [5, 5.41) is 10.4. The Morgan fingerprint density at radius 3 is 2.58 bits per heavy atom. The van der Waals surface area contributed by atoms with Crippen LogP contribution in [0.5, 0.6) is 5.75 Å². The third kappa shape index (κ3) is 2.67. The number of ether oxygens (including phenoxy) is 1. The third-order valence-electron chi connectivity index (χ3n) is 3.43. The van der Waals surface area contributed by atoms with Crippen LogP contribution in [0.1, 0.15) is 29.2 Å². The minimum absolute atomic E-state index is 0.583. The molecule has 2 aromatic carbocycles. The lowest BCUT2D eigenvalue weighted by Gasteiger charge is -2.19. The first-order valence-electron chi connectivity index (χ1n) is 6.43. The second-order valence-corrected chi connectivity index (χ2v) is 5.69. The van der Waals surface area contributed by atoms with Crippen LogP contribution in [0.15, 0.2) is 46.9 Å². The maximum absolute atomic E-state index is 10.4. The van der Waals surface area contributed by atoms with Gasteiger partial charge in [0.2, 0.25) is 0 Å². The summed E-state index contributed by atoms with van der Waals surface area (Å²) in [6.07, 6.45) is 1.49. The zero-order valence-corrected chi connectivity index (χ0v) is 12.1. The van der Waals surface area contributed by atoms with Gasteiger partial charge in [-0.1, -0.05) is 34.1 Å². The minimum Gasteiger partial charge on any atom is -0.493 e. The van der Waals surface area contributed by atoms with Gasteiger partial charge in [-0.2, -0.15) is 0 Å². The van der Waals surface area contributed by atoms with Gasteiger partial charge < -0.3 is 9.84 Å². The van der Waals surface area contributed by atoms with Crippen LogP contribution in [-0.4, -0.2) is 11.7 Å². The number of hydrogen-bond acceptors (Lipinski definition) is 2. The molecule has 0 fully saturated rings. The van der Waals surface area contributed by atoms with E-state index >= 15 is 0 Å². The number of fused-ring (bicyclic) bond motifs is 1.